The van der Waals surface area contributed by atoms with Gasteiger partial charge in [0.2, 0.25) is 5.69 Å². The zero-order valence-corrected chi connectivity index (χ0v) is 16.4. The van der Waals surface area contributed by atoms with Gasteiger partial charge in [-0.05, 0) is 35.0 Å². The molecule has 142 valence electrons. The van der Waals surface area contributed by atoms with Crippen LogP contribution in [-0.4, -0.2) is 11.2 Å². The highest BCUT2D eigenvalue weighted by atomic mass is 35.5. The molecule has 0 saturated heterocycles. The van der Waals surface area contributed by atoms with Gasteiger partial charge in [0.05, 0.1) is 16.6 Å². The molecule has 2 heterocycles. The minimum Gasteiger partial charge on any atom is -0.538 e. The van der Waals surface area contributed by atoms with E-state index in [1.807, 2.05) is 36.4 Å². The zero-order valence-electron chi connectivity index (χ0n) is 14.8. The first-order chi connectivity index (χ1) is 14.1. The number of aromatic nitrogens is 2. The maximum atomic E-state index is 13.7. The summed E-state index contributed by atoms with van der Waals surface area (Å²) in [6, 6.07) is 21.7. The molecule has 0 atom stereocenters. The van der Waals surface area contributed by atoms with E-state index in [-0.39, 0.29) is 5.69 Å². The number of fused-ring (bicyclic) bond motifs is 2. The zero-order chi connectivity index (χ0) is 20.0. The van der Waals surface area contributed by atoms with E-state index >= 15 is 0 Å². The standard InChI is InChI=1S/C21H12ClN3O3S/c22-13-10-11-18-16(12-13)24(15-8-4-5-9-17(15)29-18)20(26)19-21(27)28-23-25(19)14-6-2-1-3-7-14/h1-12H. The normalized spacial score (nSPS) is 12.4. The summed E-state index contributed by atoms with van der Waals surface area (Å²) in [5, 5.41) is 16.7. The molecule has 0 bridgehead atoms. The number of anilines is 2. The number of carbonyl (C=O) groups excluding carboxylic acids is 1. The lowest BCUT2D eigenvalue weighted by Crippen LogP contribution is -2.43. The molecule has 0 saturated carbocycles. The second kappa shape index (κ2) is 6.95. The number of halogens is 1. The highest BCUT2D eigenvalue weighted by Gasteiger charge is 2.37. The SMILES string of the molecule is O=C(c1c([O-])on[n+]1-c1ccccc1)N1c2ccccc2Sc2ccc(Cl)cc21. The summed E-state index contributed by atoms with van der Waals surface area (Å²) >= 11 is 7.75. The molecule has 5 rings (SSSR count). The molecule has 3 aromatic carbocycles. The van der Waals surface area contributed by atoms with E-state index in [0.717, 1.165) is 9.79 Å². The maximum absolute atomic E-state index is 13.7. The highest BCUT2D eigenvalue weighted by molar-refractivity contribution is 7.99. The molecule has 6 nitrogen and oxygen atoms in total. The van der Waals surface area contributed by atoms with E-state index < -0.39 is 11.9 Å². The van der Waals surface area contributed by atoms with Crippen molar-refractivity contribution in [1.29, 1.82) is 0 Å². The second-order valence-electron chi connectivity index (χ2n) is 6.28. The van der Waals surface area contributed by atoms with Crippen LogP contribution in [0, 0.1) is 0 Å². The first-order valence-corrected chi connectivity index (χ1v) is 9.88. The van der Waals surface area contributed by atoms with Crippen LogP contribution in [0.5, 0.6) is 5.95 Å². The van der Waals surface area contributed by atoms with Crippen molar-refractivity contribution < 1.29 is 19.1 Å². The fourth-order valence-corrected chi connectivity index (χ4v) is 4.43. The van der Waals surface area contributed by atoms with Crippen LogP contribution in [0.1, 0.15) is 10.5 Å². The fourth-order valence-electron chi connectivity index (χ4n) is 3.22. The molecule has 1 amide bonds. The van der Waals surface area contributed by atoms with Crippen LogP contribution in [-0.2, 0) is 0 Å². The summed E-state index contributed by atoms with van der Waals surface area (Å²) in [7, 11) is 0. The van der Waals surface area contributed by atoms with Gasteiger partial charge in [0.25, 0.3) is 0 Å². The van der Waals surface area contributed by atoms with Crippen molar-refractivity contribution >= 4 is 40.6 Å². The number of para-hydroxylation sites is 2. The number of hydrogen-bond acceptors (Lipinski definition) is 5. The Labute approximate surface area is 174 Å². The van der Waals surface area contributed by atoms with E-state index in [1.54, 1.807) is 36.4 Å². The topological polar surface area (TPSA) is 73.3 Å². The summed E-state index contributed by atoms with van der Waals surface area (Å²) in [5.41, 5.74) is 1.63. The third kappa shape index (κ3) is 2.95. The third-order valence-electron chi connectivity index (χ3n) is 4.50. The quantitative estimate of drug-likeness (QED) is 0.455. The monoisotopic (exact) mass is 421 g/mol. The molecule has 8 heteroatoms. The van der Waals surface area contributed by atoms with Gasteiger partial charge in [-0.1, -0.05) is 53.7 Å². The first kappa shape index (κ1) is 17.8. The van der Waals surface area contributed by atoms with Crippen molar-refractivity contribution in [3.63, 3.8) is 0 Å². The Morgan fingerprint density at radius 3 is 2.55 bits per heavy atom. The number of rotatable bonds is 2. The van der Waals surface area contributed by atoms with Crippen molar-refractivity contribution in [2.45, 2.75) is 9.79 Å². The maximum Gasteiger partial charge on any atom is 0.332 e. The Morgan fingerprint density at radius 1 is 1.00 bits per heavy atom. The Bertz CT molecular complexity index is 1240. The van der Waals surface area contributed by atoms with E-state index in [4.69, 9.17) is 16.1 Å². The Balaban J connectivity index is 1.71. The van der Waals surface area contributed by atoms with Gasteiger partial charge in [0, 0.05) is 26.9 Å². The predicted molar refractivity (Wildman–Crippen MR) is 106 cm³/mol. The summed E-state index contributed by atoms with van der Waals surface area (Å²) < 4.78 is 6.06. The lowest BCUT2D eigenvalue weighted by Gasteiger charge is -2.30. The molecule has 0 spiro atoms. The Hall–Kier alpha value is -3.29. The van der Waals surface area contributed by atoms with Crippen LogP contribution in [0.25, 0.3) is 5.69 Å². The molecule has 0 aliphatic carbocycles. The molecule has 1 aliphatic rings. The molecule has 0 radical (unpaired) electrons. The Morgan fingerprint density at radius 2 is 1.72 bits per heavy atom. The van der Waals surface area contributed by atoms with Crippen molar-refractivity contribution in [2.24, 2.45) is 0 Å². The number of hydrogen-bond donors (Lipinski definition) is 0. The summed E-state index contributed by atoms with van der Waals surface area (Å²) in [5.74, 6) is -1.35. The van der Waals surface area contributed by atoms with E-state index in [9.17, 15) is 9.90 Å². The van der Waals surface area contributed by atoms with Crippen molar-refractivity contribution in [1.82, 2.24) is 5.27 Å². The lowest BCUT2D eigenvalue weighted by molar-refractivity contribution is -0.672. The lowest BCUT2D eigenvalue weighted by atomic mass is 10.2. The summed E-state index contributed by atoms with van der Waals surface area (Å²) in [6.45, 7) is 0. The number of nitrogens with zero attached hydrogens (tertiary/aromatic N) is 3. The van der Waals surface area contributed by atoms with Crippen molar-refractivity contribution in [2.75, 3.05) is 4.90 Å². The minimum absolute atomic E-state index is 0.191. The van der Waals surface area contributed by atoms with Gasteiger partial charge in [-0.2, -0.15) is 0 Å². The first-order valence-electron chi connectivity index (χ1n) is 8.69. The van der Waals surface area contributed by atoms with Gasteiger partial charge >= 0.3 is 11.6 Å². The van der Waals surface area contributed by atoms with Gasteiger partial charge in [-0.15, -0.1) is 0 Å². The van der Waals surface area contributed by atoms with E-state index in [2.05, 4.69) is 5.27 Å². The fraction of sp³-hybridized carbons (Fsp3) is 0. The van der Waals surface area contributed by atoms with Gasteiger partial charge in [0.15, 0.2) is 5.95 Å². The van der Waals surface area contributed by atoms with Crippen LogP contribution >= 0.6 is 23.4 Å². The minimum atomic E-state index is -0.807. The van der Waals surface area contributed by atoms with Gasteiger partial charge in [-0.3, -0.25) is 9.69 Å². The largest absolute Gasteiger partial charge is 0.538 e. The van der Waals surface area contributed by atoms with Crippen molar-refractivity contribution in [3.05, 3.63) is 83.5 Å². The average Bonchev–Trinajstić information content (AvgIpc) is 3.13. The predicted octanol–water partition coefficient (Wildman–Crippen LogP) is 4.12. The Kier molecular flexibility index (Phi) is 4.26. The van der Waals surface area contributed by atoms with Crippen LogP contribution in [0.4, 0.5) is 11.4 Å². The number of amides is 1. The number of benzene rings is 3. The molecular formula is C21H12ClN3O3S. The molecule has 4 aromatic rings. The molecular weight excluding hydrogens is 410 g/mol. The molecule has 0 N–H and O–H groups in total. The van der Waals surface area contributed by atoms with Crippen LogP contribution < -0.4 is 14.7 Å². The molecule has 1 aliphatic heterocycles. The van der Waals surface area contributed by atoms with Gasteiger partial charge in [-0.25, -0.2) is 0 Å². The van der Waals surface area contributed by atoms with E-state index in [0.29, 0.717) is 22.1 Å². The van der Waals surface area contributed by atoms with Crippen LogP contribution in [0.3, 0.4) is 0 Å². The highest BCUT2D eigenvalue weighted by Crippen LogP contribution is 2.49. The second-order valence-corrected chi connectivity index (χ2v) is 7.80. The average molecular weight is 422 g/mol. The van der Waals surface area contributed by atoms with Crippen LogP contribution in [0.15, 0.2) is 87.1 Å². The van der Waals surface area contributed by atoms with Gasteiger partial charge < -0.3 is 9.63 Å². The summed E-state index contributed by atoms with van der Waals surface area (Å²) in [4.78, 5) is 16.9. The number of carbonyl (C=O) groups is 1. The van der Waals surface area contributed by atoms with Crippen LogP contribution in [0.2, 0.25) is 5.02 Å². The molecule has 0 unspecified atom stereocenters. The molecule has 29 heavy (non-hydrogen) atoms. The third-order valence-corrected chi connectivity index (χ3v) is 5.87. The molecule has 1 aromatic heterocycles. The summed E-state index contributed by atoms with van der Waals surface area (Å²) in [6.07, 6.45) is 0. The smallest absolute Gasteiger partial charge is 0.332 e. The molecule has 0 fully saturated rings. The van der Waals surface area contributed by atoms with Gasteiger partial charge in [0.1, 0.15) is 0 Å². The van der Waals surface area contributed by atoms with E-state index in [1.165, 1.54) is 21.3 Å². The van der Waals surface area contributed by atoms with Crippen molar-refractivity contribution in [3.8, 4) is 11.6 Å².